The van der Waals surface area contributed by atoms with E-state index >= 15 is 0 Å². The van der Waals surface area contributed by atoms with Crippen molar-refractivity contribution < 1.29 is 9.53 Å². The molecule has 0 aromatic rings. The summed E-state index contributed by atoms with van der Waals surface area (Å²) >= 11 is 0. The zero-order valence-electron chi connectivity index (χ0n) is 8.14. The minimum absolute atomic E-state index is 0.0899. The maximum atomic E-state index is 10.9. The van der Waals surface area contributed by atoms with E-state index in [2.05, 4.69) is 13.8 Å². The summed E-state index contributed by atoms with van der Waals surface area (Å²) < 4.78 is 4.88. The van der Waals surface area contributed by atoms with Gasteiger partial charge in [0.2, 0.25) is 0 Å². The van der Waals surface area contributed by atoms with E-state index in [4.69, 9.17) is 4.74 Å². The maximum Gasteiger partial charge on any atom is 0.306 e. The largest absolute Gasteiger partial charge is 0.458 e. The fourth-order valence-corrected chi connectivity index (χ4v) is 0.819. The molecule has 0 heterocycles. The molecule has 71 valence electrons. The van der Waals surface area contributed by atoms with Crippen LogP contribution in [0.2, 0.25) is 0 Å². The molecule has 0 aliphatic carbocycles. The summed E-state index contributed by atoms with van der Waals surface area (Å²) in [5.41, 5.74) is 0. The number of carbonyl (C=O) groups is 1. The van der Waals surface area contributed by atoms with Gasteiger partial charge in [-0.3, -0.25) is 4.79 Å². The molecule has 0 unspecified atom stereocenters. The smallest absolute Gasteiger partial charge is 0.306 e. The molecule has 0 aromatic heterocycles. The number of rotatable bonds is 7. The van der Waals surface area contributed by atoms with Crippen LogP contribution in [0.4, 0.5) is 0 Å². The number of unbranched alkanes of at least 4 members (excludes halogenated alkanes) is 3. The van der Waals surface area contributed by atoms with Crippen LogP contribution in [0, 0.1) is 6.61 Å². The average molecular weight is 171 g/mol. The van der Waals surface area contributed by atoms with Crippen LogP contribution in [0.15, 0.2) is 0 Å². The molecular weight excluding hydrogens is 152 g/mol. The lowest BCUT2D eigenvalue weighted by Crippen LogP contribution is -2.01. The van der Waals surface area contributed by atoms with E-state index in [1.165, 1.54) is 0 Å². The number of esters is 1. The summed E-state index contributed by atoms with van der Waals surface area (Å²) in [7, 11) is 0. The van der Waals surface area contributed by atoms with E-state index in [0.29, 0.717) is 6.42 Å². The number of ether oxygens (including phenoxy) is 1. The van der Waals surface area contributed by atoms with Gasteiger partial charge in [-0.05, 0) is 19.3 Å². The van der Waals surface area contributed by atoms with Crippen molar-refractivity contribution in [3.63, 3.8) is 0 Å². The number of carbonyl (C=O) groups excluding carboxylic acids is 1. The molecule has 0 atom stereocenters. The van der Waals surface area contributed by atoms with Gasteiger partial charge in [-0.25, -0.2) is 0 Å². The number of hydrogen-bond donors (Lipinski definition) is 0. The minimum atomic E-state index is -0.0899. The highest BCUT2D eigenvalue weighted by molar-refractivity contribution is 5.69. The molecule has 0 fully saturated rings. The standard InChI is InChI=1S/C10H19O2/c1-3-5-7-9-12-10(11)8-6-4-2/h9H,3-8H2,1-2H3. The molecule has 0 saturated heterocycles. The Morgan fingerprint density at radius 2 is 1.92 bits per heavy atom. The Kier molecular flexibility index (Phi) is 8.19. The van der Waals surface area contributed by atoms with E-state index < -0.39 is 0 Å². The molecule has 0 saturated carbocycles. The molecular formula is C10H19O2. The number of hydrogen-bond acceptors (Lipinski definition) is 2. The molecule has 0 N–H and O–H groups in total. The second-order valence-electron chi connectivity index (χ2n) is 2.90. The van der Waals surface area contributed by atoms with Gasteiger partial charge in [0.1, 0.15) is 6.61 Å². The van der Waals surface area contributed by atoms with Gasteiger partial charge in [0.05, 0.1) is 0 Å². The van der Waals surface area contributed by atoms with Crippen LogP contribution in [0.3, 0.4) is 0 Å². The third kappa shape index (κ3) is 7.58. The Morgan fingerprint density at radius 1 is 1.25 bits per heavy atom. The highest BCUT2D eigenvalue weighted by atomic mass is 16.5. The van der Waals surface area contributed by atoms with Crippen LogP contribution in [0.5, 0.6) is 0 Å². The molecule has 0 bridgehead atoms. The van der Waals surface area contributed by atoms with Gasteiger partial charge in [0, 0.05) is 6.42 Å². The summed E-state index contributed by atoms with van der Waals surface area (Å²) in [6.45, 7) is 5.81. The van der Waals surface area contributed by atoms with E-state index in [9.17, 15) is 4.79 Å². The first-order chi connectivity index (χ1) is 5.81. The Bertz CT molecular complexity index is 110. The maximum absolute atomic E-state index is 10.9. The molecule has 0 amide bonds. The summed E-state index contributed by atoms with van der Waals surface area (Å²) in [4.78, 5) is 10.9. The van der Waals surface area contributed by atoms with Crippen molar-refractivity contribution in [2.24, 2.45) is 0 Å². The van der Waals surface area contributed by atoms with Crippen LogP contribution < -0.4 is 0 Å². The molecule has 12 heavy (non-hydrogen) atoms. The topological polar surface area (TPSA) is 26.3 Å². The Hall–Kier alpha value is -0.530. The lowest BCUT2D eigenvalue weighted by molar-refractivity contribution is -0.140. The van der Waals surface area contributed by atoms with Crippen molar-refractivity contribution in [2.75, 3.05) is 0 Å². The van der Waals surface area contributed by atoms with E-state index in [-0.39, 0.29) is 5.97 Å². The minimum Gasteiger partial charge on any atom is -0.458 e. The summed E-state index contributed by atoms with van der Waals surface area (Å²) in [6, 6.07) is 0. The Morgan fingerprint density at radius 3 is 2.50 bits per heavy atom. The van der Waals surface area contributed by atoms with Gasteiger partial charge in [-0.1, -0.05) is 26.7 Å². The van der Waals surface area contributed by atoms with Crippen molar-refractivity contribution in [3.8, 4) is 0 Å². The van der Waals surface area contributed by atoms with Crippen molar-refractivity contribution in [1.29, 1.82) is 0 Å². The lowest BCUT2D eigenvalue weighted by atomic mass is 10.2. The van der Waals surface area contributed by atoms with Gasteiger partial charge >= 0.3 is 5.97 Å². The van der Waals surface area contributed by atoms with E-state index in [1.807, 2.05) is 0 Å². The highest BCUT2D eigenvalue weighted by Gasteiger charge is 2.00. The first kappa shape index (κ1) is 11.5. The van der Waals surface area contributed by atoms with Crippen molar-refractivity contribution >= 4 is 5.97 Å². The summed E-state index contributed by atoms with van der Waals surface area (Å²) in [5, 5.41) is 0. The third-order valence-electron chi connectivity index (χ3n) is 1.62. The predicted molar refractivity (Wildman–Crippen MR) is 49.4 cm³/mol. The molecule has 0 aromatic carbocycles. The van der Waals surface area contributed by atoms with Gasteiger partial charge < -0.3 is 4.74 Å². The summed E-state index contributed by atoms with van der Waals surface area (Å²) in [5.74, 6) is -0.0899. The first-order valence-electron chi connectivity index (χ1n) is 4.82. The molecule has 2 nitrogen and oxygen atoms in total. The van der Waals surface area contributed by atoms with Crippen LogP contribution in [-0.2, 0) is 9.53 Å². The molecule has 0 aliphatic rings. The fourth-order valence-electron chi connectivity index (χ4n) is 0.819. The lowest BCUT2D eigenvalue weighted by Gasteiger charge is -2.01. The first-order valence-corrected chi connectivity index (χ1v) is 4.82. The van der Waals surface area contributed by atoms with Gasteiger partial charge in [0.25, 0.3) is 0 Å². The zero-order chi connectivity index (χ0) is 9.23. The van der Waals surface area contributed by atoms with Crippen LogP contribution in [0.25, 0.3) is 0 Å². The third-order valence-corrected chi connectivity index (χ3v) is 1.62. The Balaban J connectivity index is 3.08. The molecule has 2 heteroatoms. The van der Waals surface area contributed by atoms with Crippen molar-refractivity contribution in [2.45, 2.75) is 52.4 Å². The fraction of sp³-hybridized carbons (Fsp3) is 0.800. The van der Waals surface area contributed by atoms with Gasteiger partial charge in [-0.2, -0.15) is 0 Å². The Labute approximate surface area is 75.3 Å². The van der Waals surface area contributed by atoms with E-state index in [1.54, 1.807) is 6.61 Å². The van der Waals surface area contributed by atoms with Gasteiger partial charge in [-0.15, -0.1) is 0 Å². The van der Waals surface area contributed by atoms with Crippen LogP contribution in [0.1, 0.15) is 52.4 Å². The zero-order valence-corrected chi connectivity index (χ0v) is 8.14. The van der Waals surface area contributed by atoms with Gasteiger partial charge in [0.15, 0.2) is 0 Å². The second kappa shape index (κ2) is 8.57. The van der Waals surface area contributed by atoms with Crippen molar-refractivity contribution in [1.82, 2.24) is 0 Å². The SMILES string of the molecule is CCCC[CH]OC(=O)CCCC. The summed E-state index contributed by atoms with van der Waals surface area (Å²) in [6.07, 6.45) is 5.65. The quantitative estimate of drug-likeness (QED) is 0.434. The molecule has 0 spiro atoms. The van der Waals surface area contributed by atoms with Crippen LogP contribution >= 0.6 is 0 Å². The van der Waals surface area contributed by atoms with E-state index in [0.717, 1.165) is 32.1 Å². The average Bonchev–Trinajstić information content (AvgIpc) is 2.09. The molecule has 1 radical (unpaired) electrons. The molecule has 0 aliphatic heterocycles. The monoisotopic (exact) mass is 171 g/mol. The molecule has 0 rings (SSSR count). The second-order valence-corrected chi connectivity index (χ2v) is 2.90. The van der Waals surface area contributed by atoms with Crippen LogP contribution in [-0.4, -0.2) is 5.97 Å². The highest BCUT2D eigenvalue weighted by Crippen LogP contribution is 2.02. The van der Waals surface area contributed by atoms with Crippen molar-refractivity contribution in [3.05, 3.63) is 6.61 Å². The predicted octanol–water partition coefficient (Wildman–Crippen LogP) is 3.07. The normalized spacial score (nSPS) is 9.83.